The minimum Gasteiger partial charge on any atom is -0.482 e. The van der Waals surface area contributed by atoms with E-state index in [2.05, 4.69) is 43.9 Å². The normalized spacial score (nSPS) is 13.1. The summed E-state index contributed by atoms with van der Waals surface area (Å²) in [5.41, 5.74) is 8.01. The lowest BCUT2D eigenvalue weighted by Gasteiger charge is -2.34. The van der Waals surface area contributed by atoms with Gasteiger partial charge in [0.25, 0.3) is 0 Å². The molecule has 1 aromatic rings. The Balaban J connectivity index is 3.51. The fourth-order valence-electron chi connectivity index (χ4n) is 2.66. The predicted molar refractivity (Wildman–Crippen MR) is 104 cm³/mol. The third-order valence-electron chi connectivity index (χ3n) is 4.25. The number of carbonyl (C=O) groups excluding carboxylic acids is 1. The highest BCUT2D eigenvalue weighted by molar-refractivity contribution is 5.92. The lowest BCUT2D eigenvalue weighted by Crippen LogP contribution is -2.37. The molecule has 0 aliphatic carbocycles. The van der Waals surface area contributed by atoms with Crippen LogP contribution < -0.4 is 10.6 Å². The van der Waals surface area contributed by atoms with Crippen molar-refractivity contribution in [3.63, 3.8) is 0 Å². The van der Waals surface area contributed by atoms with Crippen LogP contribution in [-0.4, -0.2) is 43.5 Å². The zero-order chi connectivity index (χ0) is 19.0. The molecule has 0 saturated heterocycles. The molecule has 0 aliphatic rings. The van der Waals surface area contributed by atoms with E-state index >= 15 is 0 Å². The van der Waals surface area contributed by atoms with Crippen LogP contribution in [0.4, 0.5) is 5.69 Å². The van der Waals surface area contributed by atoms with Crippen LogP contribution in [0.1, 0.15) is 39.7 Å². The van der Waals surface area contributed by atoms with Crippen molar-refractivity contribution in [1.82, 2.24) is 4.90 Å². The zero-order valence-corrected chi connectivity index (χ0v) is 16.5. The summed E-state index contributed by atoms with van der Waals surface area (Å²) in [6.45, 7) is 11.6. The smallest absolute Gasteiger partial charge is 0.203 e. The molecule has 2 N–H and O–H groups in total. The Hall–Kier alpha value is -2.01. The number of aryl methyl sites for hydroxylation is 1. The predicted octanol–water partition coefficient (Wildman–Crippen LogP) is 3.29. The Morgan fingerprint density at radius 2 is 1.92 bits per heavy atom. The fourth-order valence-corrected chi connectivity index (χ4v) is 2.66. The van der Waals surface area contributed by atoms with E-state index < -0.39 is 0 Å². The average molecular weight is 348 g/mol. The van der Waals surface area contributed by atoms with Gasteiger partial charge in [0.15, 0.2) is 11.6 Å². The van der Waals surface area contributed by atoms with Crippen molar-refractivity contribution in [3.05, 3.63) is 41.4 Å². The molecule has 0 aliphatic heterocycles. The second-order valence-electron chi connectivity index (χ2n) is 6.19. The van der Waals surface area contributed by atoms with Gasteiger partial charge in [-0.05, 0) is 44.9 Å². The number of carbonyl (C=O) groups is 1. The van der Waals surface area contributed by atoms with Crippen LogP contribution in [0.5, 0.6) is 0 Å². The second kappa shape index (κ2) is 10.1. The summed E-state index contributed by atoms with van der Waals surface area (Å²) in [5.74, 6) is 1.08. The third-order valence-corrected chi connectivity index (χ3v) is 4.25. The van der Waals surface area contributed by atoms with Gasteiger partial charge in [0.05, 0.1) is 0 Å². The molecule has 0 amide bonds. The van der Waals surface area contributed by atoms with Gasteiger partial charge in [-0.1, -0.05) is 19.1 Å². The number of hydrogen-bond donors (Lipinski definition) is 1. The van der Waals surface area contributed by atoms with E-state index in [9.17, 15) is 4.79 Å². The number of nitrogens with zero attached hydrogens (tertiary/aromatic N) is 2. The molecule has 0 bridgehead atoms. The first-order chi connectivity index (χ1) is 11.9. The Bertz CT molecular complexity index is 594. The highest BCUT2D eigenvalue weighted by Gasteiger charge is 2.25. The molecule has 0 spiro atoms. The molecule has 0 saturated carbocycles. The molecule has 25 heavy (non-hydrogen) atoms. The van der Waals surface area contributed by atoms with E-state index in [1.807, 2.05) is 24.9 Å². The van der Waals surface area contributed by atoms with E-state index in [0.717, 1.165) is 31.0 Å². The maximum absolute atomic E-state index is 12.4. The van der Waals surface area contributed by atoms with Gasteiger partial charge in [-0.15, -0.1) is 0 Å². The molecule has 5 nitrogen and oxygen atoms in total. The summed E-state index contributed by atoms with van der Waals surface area (Å²) in [4.78, 5) is 16.6. The monoisotopic (exact) mass is 347 g/mol. The molecule has 1 rings (SSSR count). The van der Waals surface area contributed by atoms with Gasteiger partial charge in [0.1, 0.15) is 6.10 Å². The van der Waals surface area contributed by atoms with Gasteiger partial charge in [-0.2, -0.15) is 0 Å². The molecule has 0 fully saturated rings. The second-order valence-corrected chi connectivity index (χ2v) is 6.19. The number of allylic oxidation sites excluding steroid dienone is 1. The van der Waals surface area contributed by atoms with Gasteiger partial charge in [0.2, 0.25) is 5.76 Å². The largest absolute Gasteiger partial charge is 0.482 e. The van der Waals surface area contributed by atoms with Crippen LogP contribution in [-0.2, 0) is 9.53 Å². The van der Waals surface area contributed by atoms with Crippen LogP contribution >= 0.6 is 0 Å². The summed E-state index contributed by atoms with van der Waals surface area (Å²) >= 11 is 0. The summed E-state index contributed by atoms with van der Waals surface area (Å²) in [7, 11) is 1.98. The van der Waals surface area contributed by atoms with Gasteiger partial charge in [-0.25, -0.2) is 0 Å². The first-order valence-corrected chi connectivity index (χ1v) is 9.06. The van der Waals surface area contributed by atoms with Crippen molar-refractivity contribution in [3.8, 4) is 0 Å². The number of ketones is 1. The molecule has 140 valence electrons. The van der Waals surface area contributed by atoms with Crippen LogP contribution in [0.3, 0.4) is 0 Å². The van der Waals surface area contributed by atoms with E-state index in [4.69, 9.17) is 10.5 Å². The van der Waals surface area contributed by atoms with E-state index in [-0.39, 0.29) is 11.9 Å². The number of rotatable bonds is 10. The molecule has 1 aromatic carbocycles. The average Bonchev–Trinajstić information content (AvgIpc) is 2.60. The Morgan fingerprint density at radius 3 is 2.36 bits per heavy atom. The van der Waals surface area contributed by atoms with E-state index in [0.29, 0.717) is 12.3 Å². The summed E-state index contributed by atoms with van der Waals surface area (Å²) < 4.78 is 6.05. The zero-order valence-electron chi connectivity index (χ0n) is 16.5. The van der Waals surface area contributed by atoms with Crippen molar-refractivity contribution in [2.75, 3.05) is 31.6 Å². The van der Waals surface area contributed by atoms with Gasteiger partial charge < -0.3 is 20.3 Å². The van der Waals surface area contributed by atoms with E-state index in [1.54, 1.807) is 6.92 Å². The molecule has 0 heterocycles. The first kappa shape index (κ1) is 21.0. The molecule has 1 atom stereocenters. The third kappa shape index (κ3) is 5.49. The van der Waals surface area contributed by atoms with Gasteiger partial charge >= 0.3 is 0 Å². The standard InChI is InChI=1S/C20H33N3O2/c1-7-18(14-21)25-19(16(5)24)20(22(6)8-2)23(9-3)17-12-10-11-15(4)13-17/h10-13,18H,7-9,14,21H2,1-6H3/b20-19-. The molecular weight excluding hydrogens is 314 g/mol. The molecule has 0 radical (unpaired) electrons. The number of hydrogen-bond acceptors (Lipinski definition) is 5. The summed E-state index contributed by atoms with van der Waals surface area (Å²) in [6, 6.07) is 8.26. The maximum Gasteiger partial charge on any atom is 0.203 e. The minimum atomic E-state index is -0.171. The topological polar surface area (TPSA) is 58.8 Å². The summed E-state index contributed by atoms with van der Waals surface area (Å²) in [6.07, 6.45) is 0.586. The SMILES string of the molecule is CCC(CN)O/C(C(C)=O)=C(/N(C)CC)N(CC)c1cccc(C)c1. The van der Waals surface area contributed by atoms with Crippen LogP contribution in [0.15, 0.2) is 35.8 Å². The van der Waals surface area contributed by atoms with Crippen molar-refractivity contribution in [2.45, 2.75) is 47.1 Å². The van der Waals surface area contributed by atoms with Crippen molar-refractivity contribution < 1.29 is 9.53 Å². The Labute approximate surface area is 152 Å². The van der Waals surface area contributed by atoms with Crippen LogP contribution in [0.25, 0.3) is 0 Å². The summed E-state index contributed by atoms with van der Waals surface area (Å²) in [5, 5.41) is 0. The van der Waals surface area contributed by atoms with Crippen molar-refractivity contribution in [2.24, 2.45) is 5.73 Å². The molecular formula is C20H33N3O2. The minimum absolute atomic E-state index is 0.0895. The lowest BCUT2D eigenvalue weighted by atomic mass is 10.2. The Morgan fingerprint density at radius 1 is 1.24 bits per heavy atom. The van der Waals surface area contributed by atoms with Crippen molar-refractivity contribution in [1.29, 1.82) is 0 Å². The number of anilines is 1. The Kier molecular flexibility index (Phi) is 8.49. The number of benzene rings is 1. The van der Waals surface area contributed by atoms with E-state index in [1.165, 1.54) is 5.56 Å². The number of Topliss-reactive ketones (excluding diaryl/α,β-unsaturated/α-hetero) is 1. The number of nitrogens with two attached hydrogens (primary N) is 1. The molecule has 0 aromatic heterocycles. The highest BCUT2D eigenvalue weighted by atomic mass is 16.5. The maximum atomic E-state index is 12.4. The molecule has 1 unspecified atom stereocenters. The number of ether oxygens (including phenoxy) is 1. The van der Waals surface area contributed by atoms with Crippen LogP contribution in [0, 0.1) is 6.92 Å². The first-order valence-electron chi connectivity index (χ1n) is 9.06. The van der Waals surface area contributed by atoms with Crippen LogP contribution in [0.2, 0.25) is 0 Å². The lowest BCUT2D eigenvalue weighted by molar-refractivity contribution is -0.118. The molecule has 5 heteroatoms. The van der Waals surface area contributed by atoms with Gasteiger partial charge in [-0.3, -0.25) is 4.79 Å². The fraction of sp³-hybridized carbons (Fsp3) is 0.550. The van der Waals surface area contributed by atoms with Crippen molar-refractivity contribution >= 4 is 11.5 Å². The highest BCUT2D eigenvalue weighted by Crippen LogP contribution is 2.26. The quantitative estimate of drug-likeness (QED) is 0.520. The van der Waals surface area contributed by atoms with Gasteiger partial charge in [0, 0.05) is 39.3 Å².